The van der Waals surface area contributed by atoms with Crippen molar-refractivity contribution in [1.29, 1.82) is 0 Å². The van der Waals surface area contributed by atoms with Crippen LogP contribution in [0.4, 0.5) is 4.79 Å². The fourth-order valence-electron chi connectivity index (χ4n) is 3.45. The van der Waals surface area contributed by atoms with E-state index in [9.17, 15) is 4.79 Å². The summed E-state index contributed by atoms with van der Waals surface area (Å²) in [7, 11) is 0. The van der Waals surface area contributed by atoms with Gasteiger partial charge < -0.3 is 20.3 Å². The third kappa shape index (κ3) is 6.50. The Morgan fingerprint density at radius 2 is 1.97 bits per heavy atom. The van der Waals surface area contributed by atoms with E-state index in [1.165, 1.54) is 5.56 Å². The highest BCUT2D eigenvalue weighted by molar-refractivity contribution is 5.80. The molecule has 1 aliphatic heterocycles. The van der Waals surface area contributed by atoms with E-state index >= 15 is 0 Å². The number of likely N-dealkylation sites (tertiary alicyclic amines) is 1. The number of aliphatic imine (C=N–C) groups is 1. The first-order valence-electron chi connectivity index (χ1n) is 10.7. The highest BCUT2D eigenvalue weighted by atomic mass is 16.6. The smallest absolute Gasteiger partial charge is 0.409 e. The predicted octanol–water partition coefficient (Wildman–Crippen LogP) is 2.61. The largest absolute Gasteiger partial charge is 0.450 e. The van der Waals surface area contributed by atoms with Crippen molar-refractivity contribution in [2.45, 2.75) is 45.8 Å². The van der Waals surface area contributed by atoms with Crippen LogP contribution in [0.5, 0.6) is 0 Å². The summed E-state index contributed by atoms with van der Waals surface area (Å²) in [4.78, 5) is 18.3. The third-order valence-electron chi connectivity index (χ3n) is 5.00. The Labute approximate surface area is 178 Å². The van der Waals surface area contributed by atoms with E-state index in [-0.39, 0.29) is 12.1 Å². The summed E-state index contributed by atoms with van der Waals surface area (Å²) in [5.41, 5.74) is 2.29. The van der Waals surface area contributed by atoms with Gasteiger partial charge in [0.05, 0.1) is 25.9 Å². The first-order chi connectivity index (χ1) is 14.7. The van der Waals surface area contributed by atoms with Crippen molar-refractivity contribution in [3.63, 3.8) is 0 Å². The second-order valence-corrected chi connectivity index (χ2v) is 7.33. The number of guanidine groups is 1. The average Bonchev–Trinajstić information content (AvgIpc) is 3.21. The van der Waals surface area contributed by atoms with Gasteiger partial charge in [-0.25, -0.2) is 9.79 Å². The average molecular weight is 413 g/mol. The fourth-order valence-corrected chi connectivity index (χ4v) is 3.45. The van der Waals surface area contributed by atoms with Gasteiger partial charge in [-0.05, 0) is 32.3 Å². The van der Waals surface area contributed by atoms with E-state index in [4.69, 9.17) is 9.73 Å². The van der Waals surface area contributed by atoms with Gasteiger partial charge in [-0.15, -0.1) is 0 Å². The molecule has 1 amide bonds. The first kappa shape index (κ1) is 21.7. The number of amides is 1. The third-order valence-corrected chi connectivity index (χ3v) is 5.00. The number of benzene rings is 1. The van der Waals surface area contributed by atoms with Crippen molar-refractivity contribution >= 4 is 12.1 Å². The molecule has 1 aromatic heterocycles. The summed E-state index contributed by atoms with van der Waals surface area (Å²) >= 11 is 0. The molecule has 0 aliphatic carbocycles. The van der Waals surface area contributed by atoms with Gasteiger partial charge in [0.15, 0.2) is 5.96 Å². The summed E-state index contributed by atoms with van der Waals surface area (Å²) in [5.74, 6) is 0.794. The maximum absolute atomic E-state index is 11.8. The van der Waals surface area contributed by atoms with Crippen LogP contribution >= 0.6 is 0 Å². The molecular weight excluding hydrogens is 380 g/mol. The van der Waals surface area contributed by atoms with E-state index < -0.39 is 0 Å². The molecule has 1 fully saturated rings. The van der Waals surface area contributed by atoms with E-state index in [2.05, 4.69) is 34.8 Å². The number of rotatable bonds is 7. The fraction of sp³-hybridized carbons (Fsp3) is 0.500. The molecule has 0 bridgehead atoms. The van der Waals surface area contributed by atoms with Crippen LogP contribution in [-0.2, 0) is 17.8 Å². The normalized spacial score (nSPS) is 15.1. The molecule has 8 heteroatoms. The zero-order chi connectivity index (χ0) is 21.2. The van der Waals surface area contributed by atoms with Crippen LogP contribution in [0.25, 0.3) is 0 Å². The van der Waals surface area contributed by atoms with Crippen molar-refractivity contribution in [3.05, 3.63) is 53.9 Å². The van der Waals surface area contributed by atoms with Gasteiger partial charge in [0.2, 0.25) is 0 Å². The molecular formula is C22H32N6O2. The maximum atomic E-state index is 11.8. The molecule has 0 spiro atoms. The minimum atomic E-state index is -0.218. The summed E-state index contributed by atoms with van der Waals surface area (Å²) in [6.07, 6.45) is 5.44. The topological polar surface area (TPSA) is 83.8 Å². The molecule has 0 atom stereocenters. The van der Waals surface area contributed by atoms with Gasteiger partial charge in [-0.3, -0.25) is 4.68 Å². The summed E-state index contributed by atoms with van der Waals surface area (Å²) < 4.78 is 7.02. The minimum absolute atomic E-state index is 0.218. The van der Waals surface area contributed by atoms with Gasteiger partial charge in [0.25, 0.3) is 0 Å². The molecule has 2 heterocycles. The summed E-state index contributed by atoms with van der Waals surface area (Å²) in [5, 5.41) is 11.3. The Kier molecular flexibility index (Phi) is 8.11. The molecule has 1 aliphatic rings. The number of carbonyl (C=O) groups excluding carboxylic acids is 1. The van der Waals surface area contributed by atoms with Crippen LogP contribution < -0.4 is 10.6 Å². The maximum Gasteiger partial charge on any atom is 0.409 e. The second kappa shape index (κ2) is 11.2. The Morgan fingerprint density at radius 3 is 2.67 bits per heavy atom. The zero-order valence-corrected chi connectivity index (χ0v) is 17.9. The minimum Gasteiger partial charge on any atom is -0.450 e. The van der Waals surface area contributed by atoms with E-state index in [1.54, 1.807) is 4.90 Å². The standard InChI is InChI=1S/C22H32N6O2/c1-3-23-21(26-20-10-12-27(13-11-20)22(29)30-4-2)24-14-19-15-25-28(17-19)16-18-8-6-5-7-9-18/h5-9,15,17,20H,3-4,10-14,16H2,1-2H3,(H2,23,24,26). The van der Waals surface area contributed by atoms with Gasteiger partial charge in [-0.1, -0.05) is 30.3 Å². The number of aromatic nitrogens is 2. The van der Waals surface area contributed by atoms with Gasteiger partial charge >= 0.3 is 6.09 Å². The number of hydrogen-bond acceptors (Lipinski definition) is 4. The summed E-state index contributed by atoms with van der Waals surface area (Å²) in [6, 6.07) is 10.6. The highest BCUT2D eigenvalue weighted by Crippen LogP contribution is 2.12. The Bertz CT molecular complexity index is 812. The Morgan fingerprint density at radius 1 is 1.20 bits per heavy atom. The molecule has 3 rings (SSSR count). The zero-order valence-electron chi connectivity index (χ0n) is 17.9. The second-order valence-electron chi connectivity index (χ2n) is 7.33. The number of hydrogen-bond donors (Lipinski definition) is 2. The molecule has 0 radical (unpaired) electrons. The van der Waals surface area contributed by atoms with Gasteiger partial charge in [-0.2, -0.15) is 5.10 Å². The number of carbonyl (C=O) groups is 1. The molecule has 0 unspecified atom stereocenters. The van der Waals surface area contributed by atoms with Crippen LogP contribution in [0.2, 0.25) is 0 Å². The van der Waals surface area contributed by atoms with Crippen molar-refractivity contribution in [1.82, 2.24) is 25.3 Å². The SMILES string of the molecule is CCNC(=NCc1cnn(Cc2ccccc2)c1)NC1CCN(C(=O)OCC)CC1. The Balaban J connectivity index is 1.51. The van der Waals surface area contributed by atoms with E-state index in [1.807, 2.05) is 42.2 Å². The molecule has 1 aromatic carbocycles. The lowest BCUT2D eigenvalue weighted by molar-refractivity contribution is 0.0963. The molecule has 8 nitrogen and oxygen atoms in total. The van der Waals surface area contributed by atoms with Crippen LogP contribution in [0.1, 0.15) is 37.8 Å². The van der Waals surface area contributed by atoms with E-state index in [0.717, 1.165) is 37.5 Å². The quantitative estimate of drug-likeness (QED) is 0.540. The molecule has 2 N–H and O–H groups in total. The lowest BCUT2D eigenvalue weighted by atomic mass is 10.1. The van der Waals surface area contributed by atoms with Crippen molar-refractivity contribution < 1.29 is 9.53 Å². The lowest BCUT2D eigenvalue weighted by Gasteiger charge is -2.32. The first-order valence-corrected chi connectivity index (χ1v) is 10.7. The molecule has 30 heavy (non-hydrogen) atoms. The molecule has 162 valence electrons. The van der Waals surface area contributed by atoms with Crippen molar-refractivity contribution in [3.8, 4) is 0 Å². The van der Waals surface area contributed by atoms with E-state index in [0.29, 0.717) is 26.2 Å². The number of ether oxygens (including phenoxy) is 1. The number of nitrogens with one attached hydrogen (secondary N) is 2. The van der Waals surface area contributed by atoms with Gasteiger partial charge in [0, 0.05) is 37.4 Å². The highest BCUT2D eigenvalue weighted by Gasteiger charge is 2.24. The van der Waals surface area contributed by atoms with Gasteiger partial charge in [0.1, 0.15) is 0 Å². The van der Waals surface area contributed by atoms with Crippen LogP contribution in [0.3, 0.4) is 0 Å². The summed E-state index contributed by atoms with van der Waals surface area (Å²) in [6.45, 7) is 7.80. The van der Waals surface area contributed by atoms with Crippen LogP contribution in [0.15, 0.2) is 47.7 Å². The number of nitrogens with zero attached hydrogens (tertiary/aromatic N) is 4. The monoisotopic (exact) mass is 412 g/mol. The molecule has 0 saturated carbocycles. The van der Waals surface area contributed by atoms with Crippen LogP contribution in [-0.4, -0.2) is 59.0 Å². The Hall–Kier alpha value is -3.03. The molecule has 2 aromatic rings. The lowest BCUT2D eigenvalue weighted by Crippen LogP contribution is -2.49. The molecule has 1 saturated heterocycles. The van der Waals surface area contributed by atoms with Crippen LogP contribution in [0, 0.1) is 0 Å². The predicted molar refractivity (Wildman–Crippen MR) is 117 cm³/mol. The number of piperidine rings is 1. The van der Waals surface area contributed by atoms with Crippen molar-refractivity contribution in [2.75, 3.05) is 26.2 Å². The van der Waals surface area contributed by atoms with Crippen molar-refractivity contribution in [2.24, 2.45) is 4.99 Å².